The van der Waals surface area contributed by atoms with Crippen molar-refractivity contribution in [1.29, 1.82) is 0 Å². The van der Waals surface area contributed by atoms with Gasteiger partial charge in [0.2, 0.25) is 0 Å². The molecule has 6 nitrogen and oxygen atoms in total. The summed E-state index contributed by atoms with van der Waals surface area (Å²) in [6, 6.07) is 1.67. The first-order chi connectivity index (χ1) is 14.3. The van der Waals surface area contributed by atoms with E-state index < -0.39 is 49.4 Å². The maximum absolute atomic E-state index is 14.1. The Morgan fingerprint density at radius 3 is 2.61 bits per heavy atom. The quantitative estimate of drug-likeness (QED) is 0.292. The molecule has 1 unspecified atom stereocenters. The van der Waals surface area contributed by atoms with Crippen LogP contribution in [0.25, 0.3) is 5.70 Å². The van der Waals surface area contributed by atoms with Gasteiger partial charge in [-0.05, 0) is 0 Å². The zero-order chi connectivity index (χ0) is 23.0. The number of alkyl halides is 4. The third-order valence-electron chi connectivity index (χ3n) is 4.32. The summed E-state index contributed by atoms with van der Waals surface area (Å²) in [7, 11) is -3.58. The first-order valence-electron chi connectivity index (χ1n) is 8.93. The van der Waals surface area contributed by atoms with Gasteiger partial charge in [0.15, 0.2) is 0 Å². The van der Waals surface area contributed by atoms with E-state index in [9.17, 15) is 21.6 Å². The summed E-state index contributed by atoms with van der Waals surface area (Å²) in [4.78, 5) is 3.84. The SMILES string of the molecule is Cc1ccn(C2=C([C@@H](OC3C=C(Cl)N=C(S(C)(=O)=O)[I-]C3)C(F)(F)F)CCC(Cl)=C2)n1. The van der Waals surface area contributed by atoms with Gasteiger partial charge in [-0.1, -0.05) is 0 Å². The molecule has 2 heterocycles. The van der Waals surface area contributed by atoms with Crippen LogP contribution in [0, 0.1) is 6.92 Å². The summed E-state index contributed by atoms with van der Waals surface area (Å²) < 4.78 is 72.8. The number of halogens is 6. The van der Waals surface area contributed by atoms with E-state index in [1.165, 1.54) is 16.8 Å². The zero-order valence-corrected chi connectivity index (χ0v) is 20.8. The number of hydrogen-bond donors (Lipinski definition) is 0. The fourth-order valence-corrected chi connectivity index (χ4v) is 7.90. The second-order valence-corrected chi connectivity index (χ2v) is 13.1. The molecule has 3 rings (SSSR count). The second kappa shape index (κ2) is 9.54. The topological polar surface area (TPSA) is 73.6 Å². The molecule has 31 heavy (non-hydrogen) atoms. The normalized spacial score (nSPS) is 22.2. The molecule has 2 aliphatic rings. The van der Waals surface area contributed by atoms with E-state index in [1.54, 1.807) is 19.2 Å². The minimum atomic E-state index is -4.72. The van der Waals surface area contributed by atoms with Gasteiger partial charge in [0, 0.05) is 0 Å². The molecule has 0 saturated heterocycles. The molecule has 0 bridgehead atoms. The number of aryl methyl sites for hydroxylation is 1. The van der Waals surface area contributed by atoms with Crippen LogP contribution in [0.15, 0.2) is 45.2 Å². The van der Waals surface area contributed by atoms with E-state index in [-0.39, 0.29) is 36.7 Å². The number of hydrogen-bond acceptors (Lipinski definition) is 5. The summed E-state index contributed by atoms with van der Waals surface area (Å²) in [6.07, 6.45) is -2.46. The fourth-order valence-electron chi connectivity index (χ4n) is 3.00. The summed E-state index contributed by atoms with van der Waals surface area (Å²) >= 11 is 10.9. The van der Waals surface area contributed by atoms with Crippen molar-refractivity contribution in [3.8, 4) is 0 Å². The zero-order valence-electron chi connectivity index (χ0n) is 16.3. The predicted octanol–water partition coefficient (Wildman–Crippen LogP) is 1.22. The Morgan fingerprint density at radius 1 is 1.32 bits per heavy atom. The second-order valence-electron chi connectivity index (χ2n) is 6.91. The Kier molecular flexibility index (Phi) is 7.61. The molecule has 2 atom stereocenters. The molecule has 0 aromatic carbocycles. The van der Waals surface area contributed by atoms with Gasteiger partial charge in [-0.3, -0.25) is 0 Å². The predicted molar refractivity (Wildman–Crippen MR) is 109 cm³/mol. The molecule has 0 radical (unpaired) electrons. The molecule has 13 heteroatoms. The van der Waals surface area contributed by atoms with Gasteiger partial charge in [-0.15, -0.1) is 0 Å². The van der Waals surface area contributed by atoms with Crippen LogP contribution in [-0.4, -0.2) is 50.3 Å². The molecule has 1 aromatic heterocycles. The average molecular weight is 611 g/mol. The summed E-state index contributed by atoms with van der Waals surface area (Å²) in [5, 5.41) is 4.43. The van der Waals surface area contributed by atoms with Gasteiger partial charge in [0.1, 0.15) is 0 Å². The van der Waals surface area contributed by atoms with E-state index >= 15 is 0 Å². The number of aliphatic imine (C=N–C) groups is 1. The van der Waals surface area contributed by atoms with E-state index in [2.05, 4.69) is 10.1 Å². The van der Waals surface area contributed by atoms with Crippen molar-refractivity contribution >= 4 is 41.8 Å². The van der Waals surface area contributed by atoms with Crippen molar-refractivity contribution in [2.75, 3.05) is 10.7 Å². The van der Waals surface area contributed by atoms with E-state index in [1.807, 2.05) is 0 Å². The van der Waals surface area contributed by atoms with Crippen molar-refractivity contribution in [3.63, 3.8) is 0 Å². The van der Waals surface area contributed by atoms with Gasteiger partial charge in [-0.2, -0.15) is 0 Å². The summed E-state index contributed by atoms with van der Waals surface area (Å²) in [5.74, 6) is 0. The molecule has 0 fully saturated rings. The molecule has 0 N–H and O–H groups in total. The van der Waals surface area contributed by atoms with Crippen LogP contribution >= 0.6 is 23.2 Å². The van der Waals surface area contributed by atoms with Gasteiger partial charge in [-0.25, -0.2) is 0 Å². The van der Waals surface area contributed by atoms with Crippen LogP contribution in [-0.2, 0) is 14.6 Å². The number of ether oxygens (including phenoxy) is 1. The number of aromatic nitrogens is 2. The molecule has 1 aliphatic carbocycles. The fraction of sp³-hybridized carbons (Fsp3) is 0.444. The van der Waals surface area contributed by atoms with Crippen LogP contribution in [0.2, 0.25) is 0 Å². The van der Waals surface area contributed by atoms with E-state index in [0.29, 0.717) is 10.7 Å². The van der Waals surface area contributed by atoms with Gasteiger partial charge >= 0.3 is 199 Å². The Morgan fingerprint density at radius 2 is 2.03 bits per heavy atom. The van der Waals surface area contributed by atoms with Crippen LogP contribution < -0.4 is 21.2 Å². The molecule has 1 aromatic rings. The van der Waals surface area contributed by atoms with Crippen molar-refractivity contribution in [1.82, 2.24) is 9.78 Å². The van der Waals surface area contributed by atoms with E-state index in [0.717, 1.165) is 6.26 Å². The molecule has 1 aliphatic heterocycles. The maximum atomic E-state index is 14.1. The molecular weight excluding hydrogens is 593 g/mol. The third-order valence-corrected chi connectivity index (χ3v) is 10.9. The molecule has 0 amide bonds. The molecule has 172 valence electrons. The van der Waals surface area contributed by atoms with Crippen LogP contribution in [0.3, 0.4) is 0 Å². The number of allylic oxidation sites excluding steroid dienone is 3. The van der Waals surface area contributed by atoms with Crippen molar-refractivity contribution in [2.24, 2.45) is 4.99 Å². The van der Waals surface area contributed by atoms with Crippen molar-refractivity contribution < 1.29 is 47.5 Å². The Hall–Kier alpha value is -0.890. The Balaban J connectivity index is 1.97. The molecule has 0 saturated carbocycles. The third kappa shape index (κ3) is 6.34. The number of nitrogens with zero attached hydrogens (tertiary/aromatic N) is 3. The van der Waals surface area contributed by atoms with Crippen molar-refractivity contribution in [2.45, 2.75) is 38.1 Å². The van der Waals surface area contributed by atoms with Crippen LogP contribution in [0.5, 0.6) is 0 Å². The van der Waals surface area contributed by atoms with E-state index in [4.69, 9.17) is 27.9 Å². The summed E-state index contributed by atoms with van der Waals surface area (Å²) in [5.41, 5.74) is 0.842. The Labute approximate surface area is 198 Å². The first-order valence-corrected chi connectivity index (χ1v) is 14.2. The average Bonchev–Trinajstić information content (AvgIpc) is 2.97. The van der Waals surface area contributed by atoms with Crippen LogP contribution in [0.4, 0.5) is 13.2 Å². The van der Waals surface area contributed by atoms with Gasteiger partial charge < -0.3 is 0 Å². The molecule has 0 spiro atoms. The standard InChI is InChI=1S/C18H18Cl2F3IN3O3S/c1-10-5-6-27(26-10)14-7-11(19)3-4-13(14)16(18(21,22)23)30-12-8-15(20)25-17(24-9-12)31(2,28)29/h5-8,12,16H,3-4,9H2,1-2H3/q-1/t12?,16-/m1/s1. The number of sulfone groups is 1. The van der Waals surface area contributed by atoms with Gasteiger partial charge in [0.25, 0.3) is 0 Å². The Bertz CT molecular complexity index is 1090. The van der Waals surface area contributed by atoms with Crippen LogP contribution in [0.1, 0.15) is 18.5 Å². The number of rotatable bonds is 4. The summed E-state index contributed by atoms with van der Waals surface area (Å²) in [6.45, 7) is 1.73. The monoisotopic (exact) mass is 610 g/mol. The first kappa shape index (κ1) is 24.7. The van der Waals surface area contributed by atoms with Gasteiger partial charge in [0.05, 0.1) is 0 Å². The van der Waals surface area contributed by atoms with Crippen molar-refractivity contribution in [3.05, 3.63) is 45.9 Å². The molecular formula is C18H18Cl2F3IN3O3S-. The minimum absolute atomic E-state index is 0.00350.